The van der Waals surface area contributed by atoms with Crippen LogP contribution < -0.4 is 0 Å². The van der Waals surface area contributed by atoms with Gasteiger partial charge in [-0.05, 0) is 115 Å². The molecule has 75 heavy (non-hydrogen) atoms. The van der Waals surface area contributed by atoms with Crippen LogP contribution >= 0.6 is 0 Å². The first kappa shape index (κ1) is 30.4. The molecule has 0 aliphatic heterocycles. The summed E-state index contributed by atoms with van der Waals surface area (Å²) in [5.74, 6) is -2.55. The number of aryl methyl sites for hydroxylation is 1. The van der Waals surface area contributed by atoms with E-state index < -0.39 is 122 Å². The number of hydrogen-bond acceptors (Lipinski definition) is 3. The van der Waals surface area contributed by atoms with Crippen LogP contribution in [-0.4, -0.2) is 19.6 Å². The minimum absolute atomic E-state index is 0. The average molecular weight is 1200 g/mol. The number of pyridine rings is 1. The second-order valence-corrected chi connectivity index (χ2v) is 22.0. The summed E-state index contributed by atoms with van der Waals surface area (Å²) in [6, 6.07) is 34.8. The average Bonchev–Trinajstić information content (AvgIpc) is 1.24. The first-order valence-electron chi connectivity index (χ1n) is 37.3. The second-order valence-electron chi connectivity index (χ2n) is 22.0. The van der Waals surface area contributed by atoms with Crippen LogP contribution in [0.4, 0.5) is 0 Å². The molecule has 9 aromatic rings. The minimum atomic E-state index is -4.53. The Balaban J connectivity index is 0.0000130. The predicted molar refractivity (Wildman–Crippen MR) is 315 cm³/mol. The van der Waals surface area contributed by atoms with Crippen LogP contribution in [0.3, 0.4) is 0 Å². The summed E-state index contributed by atoms with van der Waals surface area (Å²) in [4.78, 5) is 9.95. The van der Waals surface area contributed by atoms with Gasteiger partial charge in [-0.2, -0.15) is 0 Å². The number of hydrogen-bond donors (Lipinski definition) is 1. The monoisotopic (exact) mass is 1200 g/mol. The zero-order valence-corrected chi connectivity index (χ0v) is 45.6. The first-order chi connectivity index (χ1) is 45.4. The van der Waals surface area contributed by atoms with Gasteiger partial charge in [-0.3, -0.25) is 9.55 Å². The van der Waals surface area contributed by atoms with Gasteiger partial charge in [0.15, 0.2) is 0 Å². The molecule has 0 unspecified atom stereocenters. The van der Waals surface area contributed by atoms with Gasteiger partial charge in [-0.25, -0.2) is 4.98 Å². The maximum Gasteiger partial charge on any atom is 0.148 e. The molecule has 0 saturated heterocycles. The van der Waals surface area contributed by atoms with E-state index in [0.717, 1.165) is 5.56 Å². The molecule has 5 heteroatoms. The minimum Gasteiger partial charge on any atom is -0.507 e. The summed E-state index contributed by atoms with van der Waals surface area (Å²) in [5.41, 5.74) is -12.5. The van der Waals surface area contributed by atoms with Crippen LogP contribution in [0.15, 0.2) is 152 Å². The molecule has 0 fully saturated rings. The number of benzene rings is 7. The van der Waals surface area contributed by atoms with Crippen molar-refractivity contribution in [3.63, 3.8) is 0 Å². The Morgan fingerprint density at radius 1 is 0.587 bits per heavy atom. The summed E-state index contributed by atoms with van der Waals surface area (Å²) < 4.78 is 236. The molecule has 388 valence electrons. The van der Waals surface area contributed by atoms with E-state index in [-0.39, 0.29) is 88.5 Å². The van der Waals surface area contributed by atoms with Gasteiger partial charge in [0.1, 0.15) is 11.6 Å². The second kappa shape index (κ2) is 20.3. The van der Waals surface area contributed by atoms with E-state index in [0.29, 0.717) is 27.8 Å². The quantitative estimate of drug-likeness (QED) is 0.154. The zero-order chi connectivity index (χ0) is 75.2. The van der Waals surface area contributed by atoms with Gasteiger partial charge in [0.25, 0.3) is 0 Å². The first-order valence-corrected chi connectivity index (χ1v) is 24.3. The summed E-state index contributed by atoms with van der Waals surface area (Å²) in [6.07, 6.45) is -0.665. The number of nitrogens with zero attached hydrogens (tertiary/aromatic N) is 3. The van der Waals surface area contributed by atoms with Crippen molar-refractivity contribution in [2.75, 3.05) is 0 Å². The van der Waals surface area contributed by atoms with Crippen LogP contribution in [-0.2, 0) is 49.1 Å². The van der Waals surface area contributed by atoms with E-state index in [4.69, 9.17) is 41.5 Å². The van der Waals surface area contributed by atoms with E-state index in [1.165, 1.54) is 29.0 Å². The van der Waals surface area contributed by atoms with E-state index >= 15 is 0 Å². The smallest absolute Gasteiger partial charge is 0.148 e. The number of rotatable bonds is 8. The van der Waals surface area contributed by atoms with Crippen LogP contribution in [0.1, 0.15) is 172 Å². The predicted octanol–water partition coefficient (Wildman–Crippen LogP) is 19.0. The summed E-state index contributed by atoms with van der Waals surface area (Å²) in [6.45, 7) is -12.7. The van der Waals surface area contributed by atoms with E-state index in [9.17, 15) is 9.22 Å². The molecular formula is C70H76N3OPt-. The van der Waals surface area contributed by atoms with Crippen molar-refractivity contribution < 1.29 is 61.8 Å². The zero-order valence-electron chi connectivity index (χ0n) is 69.3. The van der Waals surface area contributed by atoms with Crippen LogP contribution in [0.2, 0.25) is 0 Å². The molecule has 2 aromatic heterocycles. The number of aromatic hydroxyl groups is 1. The molecule has 0 aliphatic rings. The van der Waals surface area contributed by atoms with E-state index in [1.807, 2.05) is 53.7 Å². The van der Waals surface area contributed by atoms with Crippen molar-refractivity contribution in [1.29, 1.82) is 0 Å². The van der Waals surface area contributed by atoms with Crippen LogP contribution in [0.25, 0.3) is 83.9 Å². The Labute approximate surface area is 499 Å². The Morgan fingerprint density at radius 3 is 1.79 bits per heavy atom. The molecule has 0 amide bonds. The number of phenols is 1. The topological polar surface area (TPSA) is 50.9 Å². The number of para-hydroxylation sites is 1. The molecule has 4 nitrogen and oxygen atoms in total. The summed E-state index contributed by atoms with van der Waals surface area (Å²) >= 11 is 0. The van der Waals surface area contributed by atoms with Gasteiger partial charge in [-0.1, -0.05) is 218 Å². The summed E-state index contributed by atoms with van der Waals surface area (Å²) in [5, 5.41) is 13.5. The van der Waals surface area contributed by atoms with E-state index in [1.54, 1.807) is 118 Å². The van der Waals surface area contributed by atoms with Crippen molar-refractivity contribution >= 4 is 11.0 Å². The molecular weight excluding hydrogens is 1090 g/mol. The summed E-state index contributed by atoms with van der Waals surface area (Å²) in [7, 11) is 0. The number of imidazole rings is 1. The number of fused-ring (bicyclic) bond motifs is 1. The molecule has 1 N–H and O–H groups in total. The normalized spacial score (nSPS) is 19.0. The standard InChI is InChI=1S/C70H76N3O.Pt/c1-44-34-45(43-66(2,3)4)30-31-54(44)48-32-33-71-60(38-48)50-35-49(36-51(37-50)67(5,6)7)55-28-23-29-61-62(55)72-65(58-41-53(69(11,12)13)42-59(64(58)74)70(14,15)16)73(61)63-56(46-24-19-17-20-25-46)39-52(68(8,9)10)40-57(63)47-26-21-18-22-27-47;/h17-34,36-42,74H,43H2,1-16H3;/q-1;/i1D3,11D3,12D3,13D3,14D3,15D3,16D3,31D,41D,42D,43D2;. The van der Waals surface area contributed by atoms with Gasteiger partial charge in [0, 0.05) is 81.2 Å². The van der Waals surface area contributed by atoms with Gasteiger partial charge in [0.2, 0.25) is 0 Å². The molecule has 2 heterocycles. The van der Waals surface area contributed by atoms with Crippen molar-refractivity contribution in [2.24, 2.45) is 5.41 Å². The molecule has 0 atom stereocenters. The van der Waals surface area contributed by atoms with Crippen molar-refractivity contribution in [3.05, 3.63) is 191 Å². The van der Waals surface area contributed by atoms with Gasteiger partial charge in [-0.15, -0.1) is 29.3 Å². The van der Waals surface area contributed by atoms with Crippen molar-refractivity contribution in [3.8, 4) is 78.6 Å². The fourth-order valence-electron chi connectivity index (χ4n) is 9.10. The Bertz CT molecular complexity index is 4420. The third-order valence-electron chi connectivity index (χ3n) is 12.8. The van der Waals surface area contributed by atoms with Gasteiger partial charge < -0.3 is 5.11 Å². The number of aromatic nitrogens is 3. The Morgan fingerprint density at radius 2 is 1.20 bits per heavy atom. The molecule has 0 bridgehead atoms. The van der Waals surface area contributed by atoms with Gasteiger partial charge >= 0.3 is 0 Å². The fourth-order valence-corrected chi connectivity index (χ4v) is 9.10. The SMILES string of the molecule is [2H]c1cc(C([2H])([2H])C(C)(C)C)cc(C([2H])([2H])[2H])c1-c1ccnc(-c2[c-]c(-c3cccc4c3nc(-c3c([2H])c(C(C([2H])([2H])[2H])(C([2H])([2H])[2H])C([2H])([2H])[2H])c([2H])c(C(C([2H])([2H])[2H])(C([2H])([2H])[2H])C([2H])([2H])[2H])c3O)n4-c3c(-c4ccccc4)cc(C(C)(C)C)cc3-c3ccccc3)cc(C(C)(C)C)c2)c1.[Pt]. The Kier molecular flexibility index (Phi) is 8.23. The van der Waals surface area contributed by atoms with Crippen LogP contribution in [0.5, 0.6) is 5.75 Å². The van der Waals surface area contributed by atoms with Crippen molar-refractivity contribution in [2.45, 2.75) is 138 Å². The Hall–Kier alpha value is -6.35. The van der Waals surface area contributed by atoms with Gasteiger partial charge in [0.05, 0.1) is 26.4 Å². The maximum absolute atomic E-state index is 13.5. The third kappa shape index (κ3) is 11.4. The van der Waals surface area contributed by atoms with E-state index in [2.05, 4.69) is 6.07 Å². The van der Waals surface area contributed by atoms with Crippen molar-refractivity contribution in [1.82, 2.24) is 14.5 Å². The largest absolute Gasteiger partial charge is 0.507 e. The molecule has 0 radical (unpaired) electrons. The maximum atomic E-state index is 13.5. The fraction of sp³-hybridized carbons (Fsp3) is 0.314. The molecule has 0 aliphatic carbocycles. The molecule has 7 aromatic carbocycles. The third-order valence-corrected chi connectivity index (χ3v) is 12.8. The molecule has 0 saturated carbocycles. The van der Waals surface area contributed by atoms with Crippen LogP contribution in [0, 0.1) is 18.3 Å². The molecule has 9 rings (SSSR count). The number of phenolic OH excluding ortho intramolecular Hbond substituents is 1. The molecule has 0 spiro atoms.